The van der Waals surface area contributed by atoms with Gasteiger partial charge in [-0.3, -0.25) is 29.3 Å². The SMILES string of the molecule is CC(=O)OC[C@H]1O[C@@H](Oc2ccc([N+](=O)[O-])cc2)[C@H](OC(C)=O)[C@H](OC(C)=O)[C@H]1OC(C)=O. The van der Waals surface area contributed by atoms with Gasteiger partial charge in [-0.15, -0.1) is 0 Å². The molecule has 5 atom stereocenters. The van der Waals surface area contributed by atoms with Crippen LogP contribution < -0.4 is 4.74 Å². The van der Waals surface area contributed by atoms with Gasteiger partial charge in [-0.25, -0.2) is 0 Å². The number of nitro benzene ring substituents is 1. The second kappa shape index (κ2) is 11.2. The number of hydrogen-bond donors (Lipinski definition) is 0. The number of ether oxygens (including phenoxy) is 6. The molecule has 13 heteroatoms. The lowest BCUT2D eigenvalue weighted by atomic mass is 9.98. The summed E-state index contributed by atoms with van der Waals surface area (Å²) < 4.78 is 32.3. The molecule has 0 aromatic heterocycles. The van der Waals surface area contributed by atoms with Crippen molar-refractivity contribution >= 4 is 29.6 Å². The quantitative estimate of drug-likeness (QED) is 0.230. The third-order valence-corrected chi connectivity index (χ3v) is 4.25. The lowest BCUT2D eigenvalue weighted by Crippen LogP contribution is -2.63. The maximum Gasteiger partial charge on any atom is 0.303 e. The highest BCUT2D eigenvalue weighted by atomic mass is 16.7. The summed E-state index contributed by atoms with van der Waals surface area (Å²) in [5, 5.41) is 10.9. The van der Waals surface area contributed by atoms with E-state index in [4.69, 9.17) is 28.4 Å². The highest BCUT2D eigenvalue weighted by molar-refractivity contribution is 5.68. The van der Waals surface area contributed by atoms with E-state index in [1.165, 1.54) is 24.3 Å². The molecular weight excluding hydrogens is 446 g/mol. The first-order valence-corrected chi connectivity index (χ1v) is 9.69. The Bertz CT molecular complexity index is 899. The van der Waals surface area contributed by atoms with Crippen LogP contribution in [0, 0.1) is 10.1 Å². The van der Waals surface area contributed by atoms with Gasteiger partial charge in [0.15, 0.2) is 12.2 Å². The van der Waals surface area contributed by atoms with Gasteiger partial charge in [-0.1, -0.05) is 0 Å². The topological polar surface area (TPSA) is 167 Å². The van der Waals surface area contributed by atoms with Crippen LogP contribution in [0.15, 0.2) is 24.3 Å². The molecule has 1 aliphatic heterocycles. The summed E-state index contributed by atoms with van der Waals surface area (Å²) in [7, 11) is 0. The number of rotatable bonds is 8. The maximum atomic E-state index is 11.8. The van der Waals surface area contributed by atoms with Crippen molar-refractivity contribution in [2.75, 3.05) is 6.61 Å². The molecule has 13 nitrogen and oxygen atoms in total. The minimum absolute atomic E-state index is 0.0986. The van der Waals surface area contributed by atoms with Crippen molar-refractivity contribution in [2.45, 2.75) is 58.4 Å². The smallest absolute Gasteiger partial charge is 0.303 e. The van der Waals surface area contributed by atoms with Gasteiger partial charge in [-0.05, 0) is 12.1 Å². The van der Waals surface area contributed by atoms with Gasteiger partial charge in [0.25, 0.3) is 5.69 Å². The number of hydrogen-bond acceptors (Lipinski definition) is 12. The fourth-order valence-electron chi connectivity index (χ4n) is 3.06. The van der Waals surface area contributed by atoms with Gasteiger partial charge in [0.1, 0.15) is 18.5 Å². The van der Waals surface area contributed by atoms with E-state index in [0.29, 0.717) is 0 Å². The Morgan fingerprint density at radius 3 is 1.85 bits per heavy atom. The number of carbonyl (C=O) groups is 4. The van der Waals surface area contributed by atoms with Crippen LogP contribution in [0.25, 0.3) is 0 Å². The van der Waals surface area contributed by atoms with Crippen LogP contribution in [0.3, 0.4) is 0 Å². The number of benzene rings is 1. The lowest BCUT2D eigenvalue weighted by molar-refractivity contribution is -0.384. The van der Waals surface area contributed by atoms with Crippen LogP contribution >= 0.6 is 0 Å². The molecule has 0 bridgehead atoms. The number of carbonyl (C=O) groups excluding carboxylic acids is 4. The fraction of sp³-hybridized carbons (Fsp3) is 0.500. The summed E-state index contributed by atoms with van der Waals surface area (Å²) in [5.41, 5.74) is -0.191. The first kappa shape index (κ1) is 25.5. The van der Waals surface area contributed by atoms with E-state index in [-0.39, 0.29) is 11.4 Å². The standard InChI is InChI=1S/C20H23NO12/c1-10(22)28-9-16-17(29-11(2)23)18(30-12(3)24)19(31-13(4)25)20(33-16)32-15-7-5-14(6-8-15)21(26)27/h5-8,16-20H,9H2,1-4H3/t16-,17+,18-,19-,20-/m1/s1. The van der Waals surface area contributed by atoms with Crippen LogP contribution in [0.5, 0.6) is 5.75 Å². The number of non-ortho nitro benzene ring substituents is 1. The molecule has 1 aliphatic rings. The molecule has 1 aromatic carbocycles. The largest absolute Gasteiger partial charge is 0.463 e. The van der Waals surface area contributed by atoms with Crippen LogP contribution in [0.2, 0.25) is 0 Å². The van der Waals surface area contributed by atoms with Crippen LogP contribution in [-0.2, 0) is 42.9 Å². The Balaban J connectivity index is 2.43. The molecule has 0 aliphatic carbocycles. The second-order valence-corrected chi connectivity index (χ2v) is 6.94. The van der Waals surface area contributed by atoms with Gasteiger partial charge in [0, 0.05) is 39.8 Å². The predicted octanol–water partition coefficient (Wildman–Crippen LogP) is 1.06. The fourth-order valence-corrected chi connectivity index (χ4v) is 3.06. The van der Waals surface area contributed by atoms with Crippen molar-refractivity contribution < 1.29 is 52.5 Å². The molecule has 1 aromatic rings. The van der Waals surface area contributed by atoms with E-state index >= 15 is 0 Å². The van der Waals surface area contributed by atoms with Crippen molar-refractivity contribution in [3.8, 4) is 5.75 Å². The highest BCUT2D eigenvalue weighted by Crippen LogP contribution is 2.31. The molecule has 0 N–H and O–H groups in total. The zero-order valence-corrected chi connectivity index (χ0v) is 18.2. The Labute approximate surface area is 188 Å². The summed E-state index contributed by atoms with van der Waals surface area (Å²) in [6.07, 6.45) is -6.69. The molecule has 2 rings (SSSR count). The van der Waals surface area contributed by atoms with Crippen molar-refractivity contribution in [2.24, 2.45) is 0 Å². The van der Waals surface area contributed by atoms with Gasteiger partial charge in [0.2, 0.25) is 12.4 Å². The minimum atomic E-state index is -1.42. The Morgan fingerprint density at radius 2 is 1.36 bits per heavy atom. The van der Waals surface area contributed by atoms with E-state index in [9.17, 15) is 29.3 Å². The van der Waals surface area contributed by atoms with E-state index in [1.54, 1.807) is 0 Å². The second-order valence-electron chi connectivity index (χ2n) is 6.94. The molecule has 0 unspecified atom stereocenters. The number of nitro groups is 1. The highest BCUT2D eigenvalue weighted by Gasteiger charge is 2.53. The molecule has 0 saturated carbocycles. The third-order valence-electron chi connectivity index (χ3n) is 4.25. The van der Waals surface area contributed by atoms with E-state index in [0.717, 1.165) is 27.7 Å². The number of esters is 4. The Morgan fingerprint density at radius 1 is 0.848 bits per heavy atom. The van der Waals surface area contributed by atoms with Crippen molar-refractivity contribution in [1.82, 2.24) is 0 Å². The molecule has 1 heterocycles. The number of nitrogens with zero attached hydrogens (tertiary/aromatic N) is 1. The van der Waals surface area contributed by atoms with E-state index in [2.05, 4.69) is 0 Å². The van der Waals surface area contributed by atoms with Crippen LogP contribution in [-0.4, -0.2) is 66.1 Å². The summed E-state index contributed by atoms with van der Waals surface area (Å²) in [6.45, 7) is 4.05. The molecule has 0 radical (unpaired) electrons. The first-order chi connectivity index (χ1) is 15.5. The Hall–Kier alpha value is -3.74. The molecule has 0 amide bonds. The van der Waals surface area contributed by atoms with Crippen molar-refractivity contribution in [1.29, 1.82) is 0 Å². The average molecular weight is 469 g/mol. The average Bonchev–Trinajstić information content (AvgIpc) is 2.70. The maximum absolute atomic E-state index is 11.8. The molecular formula is C20H23NO12. The van der Waals surface area contributed by atoms with Crippen molar-refractivity contribution in [3.05, 3.63) is 34.4 Å². The van der Waals surface area contributed by atoms with Gasteiger partial charge < -0.3 is 28.4 Å². The first-order valence-electron chi connectivity index (χ1n) is 9.69. The Kier molecular flexibility index (Phi) is 8.68. The monoisotopic (exact) mass is 469 g/mol. The normalized spacial score (nSPS) is 24.2. The molecule has 33 heavy (non-hydrogen) atoms. The lowest BCUT2D eigenvalue weighted by Gasteiger charge is -2.43. The summed E-state index contributed by atoms with van der Waals surface area (Å²) in [5.74, 6) is -2.87. The molecule has 0 spiro atoms. The van der Waals surface area contributed by atoms with Crippen molar-refractivity contribution in [3.63, 3.8) is 0 Å². The molecule has 180 valence electrons. The third kappa shape index (κ3) is 7.42. The molecule has 1 fully saturated rings. The minimum Gasteiger partial charge on any atom is -0.463 e. The van der Waals surface area contributed by atoms with Crippen LogP contribution in [0.1, 0.15) is 27.7 Å². The van der Waals surface area contributed by atoms with E-state index in [1.807, 2.05) is 0 Å². The summed E-state index contributed by atoms with van der Waals surface area (Å²) in [6, 6.07) is 4.93. The van der Waals surface area contributed by atoms with Gasteiger partial charge in [-0.2, -0.15) is 0 Å². The summed E-state index contributed by atoms with van der Waals surface area (Å²) in [4.78, 5) is 56.8. The van der Waals surface area contributed by atoms with Gasteiger partial charge in [0.05, 0.1) is 4.92 Å². The van der Waals surface area contributed by atoms with E-state index < -0.39 is 66.1 Å². The molecule has 1 saturated heterocycles. The van der Waals surface area contributed by atoms with Gasteiger partial charge >= 0.3 is 23.9 Å². The zero-order valence-electron chi connectivity index (χ0n) is 18.2. The zero-order chi connectivity index (χ0) is 24.7. The predicted molar refractivity (Wildman–Crippen MR) is 106 cm³/mol. The van der Waals surface area contributed by atoms with Crippen LogP contribution in [0.4, 0.5) is 5.69 Å². The summed E-state index contributed by atoms with van der Waals surface area (Å²) >= 11 is 0.